The van der Waals surface area contributed by atoms with Gasteiger partial charge in [0.1, 0.15) is 39.1 Å². The number of carbonyl (C=O) groups is 6. The van der Waals surface area contributed by atoms with Gasteiger partial charge in [0.05, 0.1) is 22.1 Å². The molecule has 4 heterocycles. The first-order valence-electron chi connectivity index (χ1n) is 21.4. The maximum absolute atomic E-state index is 14.6. The number of piperazine rings is 1. The Kier molecular flexibility index (Phi) is 13.5. The summed E-state index contributed by atoms with van der Waals surface area (Å²) >= 11 is 6.36. The lowest BCUT2D eigenvalue weighted by Gasteiger charge is -2.38. The highest BCUT2D eigenvalue weighted by atomic mass is 35.5. The Morgan fingerprint density at radius 3 is 2.10 bits per heavy atom. The standard InChI is InChI=1S/C45H51ClN10O10S/c1-44(2,3)65-41(60)37-24-28-23-31(13-15-33(28)56(37)43(62)66-45(4,5)6)48-38(57)36(22-27-8-11-30(12-9-27)49-42(61)52-18-16-32(17-19-52)67(7,63)64)54-21-20-53(39(58)40(54)59)35-25-29(46)10-14-34(35)55-26-47-50-51-55/h8-15,23-26,32,36H,16-22H2,1-7H3,(H,48,57)(H,49,61). The maximum atomic E-state index is 14.6. The van der Waals surface area contributed by atoms with Crippen molar-refractivity contribution in [2.75, 3.05) is 48.0 Å². The number of sulfone groups is 1. The second kappa shape index (κ2) is 18.8. The summed E-state index contributed by atoms with van der Waals surface area (Å²) in [7, 11) is -3.22. The van der Waals surface area contributed by atoms with Crippen molar-refractivity contribution < 1.29 is 46.7 Å². The number of fused-ring (bicyclic) bond motifs is 1. The molecule has 0 bridgehead atoms. The van der Waals surface area contributed by atoms with E-state index in [4.69, 9.17) is 21.1 Å². The molecule has 0 spiro atoms. The van der Waals surface area contributed by atoms with Crippen molar-refractivity contribution in [2.24, 2.45) is 0 Å². The minimum Gasteiger partial charge on any atom is -0.455 e. The molecule has 0 radical (unpaired) electrons. The Hall–Kier alpha value is -6.87. The summed E-state index contributed by atoms with van der Waals surface area (Å²) in [5.74, 6) is -3.33. The van der Waals surface area contributed by atoms with Crippen LogP contribution in [0.2, 0.25) is 5.02 Å². The monoisotopic (exact) mass is 958 g/mol. The van der Waals surface area contributed by atoms with Crippen LogP contribution in [0.3, 0.4) is 0 Å². The molecule has 2 N–H and O–H groups in total. The first-order chi connectivity index (χ1) is 31.5. The Bertz CT molecular complexity index is 2850. The van der Waals surface area contributed by atoms with Crippen molar-refractivity contribution in [3.63, 3.8) is 0 Å². The summed E-state index contributed by atoms with van der Waals surface area (Å²) < 4.78 is 37.7. The topological polar surface area (TPSA) is 237 Å². The van der Waals surface area contributed by atoms with E-state index in [1.54, 1.807) is 95.0 Å². The summed E-state index contributed by atoms with van der Waals surface area (Å²) in [6.07, 6.45) is 2.32. The van der Waals surface area contributed by atoms with Crippen LogP contribution in [-0.4, -0.2) is 134 Å². The van der Waals surface area contributed by atoms with E-state index in [1.165, 1.54) is 45.3 Å². The molecule has 2 saturated heterocycles. The second-order valence-electron chi connectivity index (χ2n) is 18.3. The SMILES string of the molecule is CC(C)(C)OC(=O)c1cc2cc(NC(=O)C(Cc3ccc(NC(=O)N4CCC(S(C)(=O)=O)CC4)cc3)N3CCN(c4cc(Cl)ccc4-n4cnnn4)C(=O)C3=O)ccc2n1C(=O)OC(C)(C)C. The van der Waals surface area contributed by atoms with Crippen LogP contribution in [-0.2, 0) is 40.1 Å². The molecule has 2 aliphatic rings. The molecule has 20 nitrogen and oxygen atoms in total. The number of aromatic nitrogens is 5. The smallest absolute Gasteiger partial charge is 0.419 e. The molecule has 5 amide bonds. The molecule has 1 unspecified atom stereocenters. The summed E-state index contributed by atoms with van der Waals surface area (Å²) in [4.78, 5) is 86.9. The average molecular weight is 959 g/mol. The molecule has 2 fully saturated rings. The number of nitrogens with one attached hydrogen (secondary N) is 2. The molecule has 67 heavy (non-hydrogen) atoms. The van der Waals surface area contributed by atoms with Crippen LogP contribution in [0.25, 0.3) is 16.6 Å². The number of tetrazole rings is 1. The van der Waals surface area contributed by atoms with E-state index in [0.29, 0.717) is 45.7 Å². The van der Waals surface area contributed by atoms with Crippen molar-refractivity contribution in [1.29, 1.82) is 0 Å². The highest BCUT2D eigenvalue weighted by molar-refractivity contribution is 7.91. The number of likely N-dealkylation sites (tertiary alicyclic amines) is 1. The van der Waals surface area contributed by atoms with E-state index >= 15 is 0 Å². The molecule has 354 valence electrons. The lowest BCUT2D eigenvalue weighted by molar-refractivity contribution is -0.149. The number of piperidine rings is 1. The Labute approximate surface area is 391 Å². The van der Waals surface area contributed by atoms with Gasteiger partial charge in [0.25, 0.3) is 0 Å². The third-order valence-corrected chi connectivity index (χ3v) is 12.9. The number of benzene rings is 3. The number of urea groups is 1. The van der Waals surface area contributed by atoms with Gasteiger partial charge in [0.2, 0.25) is 5.91 Å². The van der Waals surface area contributed by atoms with E-state index in [9.17, 15) is 37.2 Å². The number of hydrogen-bond acceptors (Lipinski definition) is 13. The number of hydrogen-bond donors (Lipinski definition) is 2. The van der Waals surface area contributed by atoms with Gasteiger partial charge in [-0.2, -0.15) is 4.68 Å². The molecule has 1 atom stereocenters. The molecular formula is C45H51ClN10O10S. The van der Waals surface area contributed by atoms with Crippen molar-refractivity contribution in [3.8, 4) is 5.69 Å². The lowest BCUT2D eigenvalue weighted by Crippen LogP contribution is -2.60. The van der Waals surface area contributed by atoms with E-state index in [2.05, 4.69) is 26.2 Å². The fourth-order valence-electron chi connectivity index (χ4n) is 7.84. The predicted octanol–water partition coefficient (Wildman–Crippen LogP) is 5.48. The Morgan fingerprint density at radius 1 is 0.806 bits per heavy atom. The predicted molar refractivity (Wildman–Crippen MR) is 248 cm³/mol. The van der Waals surface area contributed by atoms with Gasteiger partial charge in [-0.05, 0) is 125 Å². The normalized spacial score (nSPS) is 15.7. The second-order valence-corrected chi connectivity index (χ2v) is 21.1. The number of anilines is 3. The van der Waals surface area contributed by atoms with Gasteiger partial charge in [-0.25, -0.2) is 27.4 Å². The zero-order valence-corrected chi connectivity index (χ0v) is 39.6. The molecule has 2 aliphatic heterocycles. The Balaban J connectivity index is 1.16. The molecular weight excluding hydrogens is 908 g/mol. The number of esters is 1. The fourth-order valence-corrected chi connectivity index (χ4v) is 9.07. The van der Waals surface area contributed by atoms with E-state index in [1.807, 2.05) is 0 Å². The van der Waals surface area contributed by atoms with Crippen LogP contribution in [0, 0.1) is 0 Å². The first-order valence-corrected chi connectivity index (χ1v) is 23.7. The zero-order chi connectivity index (χ0) is 48.6. The van der Waals surface area contributed by atoms with Gasteiger partial charge in [-0.15, -0.1) is 5.10 Å². The van der Waals surface area contributed by atoms with Crippen molar-refractivity contribution in [1.82, 2.24) is 34.6 Å². The van der Waals surface area contributed by atoms with Crippen LogP contribution < -0.4 is 15.5 Å². The van der Waals surface area contributed by atoms with Crippen molar-refractivity contribution >= 4 is 85.2 Å². The van der Waals surface area contributed by atoms with Crippen molar-refractivity contribution in [2.45, 2.75) is 83.3 Å². The highest BCUT2D eigenvalue weighted by Gasteiger charge is 2.41. The lowest BCUT2D eigenvalue weighted by atomic mass is 10.0. The van der Waals surface area contributed by atoms with Crippen LogP contribution in [0.4, 0.5) is 26.7 Å². The van der Waals surface area contributed by atoms with E-state index in [0.717, 1.165) is 4.57 Å². The molecule has 22 heteroatoms. The molecule has 3 aromatic carbocycles. The molecule has 0 saturated carbocycles. The first kappa shape index (κ1) is 48.1. The molecule has 7 rings (SSSR count). The molecule has 5 aromatic rings. The fraction of sp³-hybridized carbons (Fsp3) is 0.400. The third kappa shape index (κ3) is 11.2. The number of carbonyl (C=O) groups excluding carboxylic acids is 6. The largest absolute Gasteiger partial charge is 0.455 e. The average Bonchev–Trinajstić information content (AvgIpc) is 3.92. The molecule has 0 aliphatic carbocycles. The summed E-state index contributed by atoms with van der Waals surface area (Å²) in [6, 6.07) is 15.8. The van der Waals surface area contributed by atoms with E-state index < -0.39 is 68.1 Å². The van der Waals surface area contributed by atoms with Gasteiger partial charge >= 0.3 is 29.9 Å². The van der Waals surface area contributed by atoms with Gasteiger partial charge in [0, 0.05) is 60.6 Å². The van der Waals surface area contributed by atoms with Crippen molar-refractivity contribution in [3.05, 3.63) is 89.3 Å². The summed E-state index contributed by atoms with van der Waals surface area (Å²) in [5, 5.41) is 17.2. The minimum absolute atomic E-state index is 0.0339. The van der Waals surface area contributed by atoms with Crippen LogP contribution in [0.15, 0.2) is 73.1 Å². The number of rotatable bonds is 10. The van der Waals surface area contributed by atoms with Gasteiger partial charge < -0.3 is 34.8 Å². The number of ether oxygens (including phenoxy) is 2. The number of amides is 5. The van der Waals surface area contributed by atoms with Gasteiger partial charge in [-0.3, -0.25) is 14.4 Å². The van der Waals surface area contributed by atoms with Crippen LogP contribution in [0.5, 0.6) is 0 Å². The van der Waals surface area contributed by atoms with Gasteiger partial charge in [0.15, 0.2) is 0 Å². The summed E-state index contributed by atoms with van der Waals surface area (Å²) in [6.45, 7) is 10.6. The van der Waals surface area contributed by atoms with E-state index in [-0.39, 0.29) is 49.7 Å². The third-order valence-electron chi connectivity index (χ3n) is 11.0. The number of nitrogens with zero attached hydrogens (tertiary/aromatic N) is 8. The maximum Gasteiger partial charge on any atom is 0.419 e. The Morgan fingerprint density at radius 2 is 1.48 bits per heavy atom. The number of halogens is 1. The van der Waals surface area contributed by atoms with Gasteiger partial charge in [-0.1, -0.05) is 23.7 Å². The summed E-state index contributed by atoms with van der Waals surface area (Å²) in [5.41, 5.74) is 0.353. The van der Waals surface area contributed by atoms with Crippen LogP contribution in [0.1, 0.15) is 70.4 Å². The van der Waals surface area contributed by atoms with Crippen LogP contribution >= 0.6 is 11.6 Å². The molecule has 2 aromatic heterocycles. The zero-order valence-electron chi connectivity index (χ0n) is 38.0. The highest BCUT2D eigenvalue weighted by Crippen LogP contribution is 2.31. The quantitative estimate of drug-likeness (QED) is 0.131. The minimum atomic E-state index is -3.22.